The summed E-state index contributed by atoms with van der Waals surface area (Å²) in [7, 11) is -2.31. The van der Waals surface area contributed by atoms with E-state index >= 15 is 0 Å². The number of benzene rings is 2. The van der Waals surface area contributed by atoms with Gasteiger partial charge in [0.25, 0.3) is 10.1 Å². The molecular formula is C20H24N4O3S. The van der Waals surface area contributed by atoms with Gasteiger partial charge in [0.2, 0.25) is 0 Å². The zero-order valence-corrected chi connectivity index (χ0v) is 16.9. The van der Waals surface area contributed by atoms with Crippen LogP contribution >= 0.6 is 0 Å². The third kappa shape index (κ3) is 2.59. The van der Waals surface area contributed by atoms with Gasteiger partial charge >= 0.3 is 0 Å². The van der Waals surface area contributed by atoms with E-state index in [0.29, 0.717) is 32.0 Å². The fourth-order valence-corrected chi connectivity index (χ4v) is 5.67. The normalized spacial score (nSPS) is 18.6. The summed E-state index contributed by atoms with van der Waals surface area (Å²) in [4.78, 5) is 8.86. The van der Waals surface area contributed by atoms with E-state index in [4.69, 9.17) is 0 Å². The molecule has 5 rings (SSSR count). The zero-order chi connectivity index (χ0) is 19.6. The van der Waals surface area contributed by atoms with Gasteiger partial charge in [0.1, 0.15) is 4.90 Å². The molecule has 28 heavy (non-hydrogen) atoms. The third-order valence-electron chi connectivity index (χ3n) is 5.94. The summed E-state index contributed by atoms with van der Waals surface area (Å²) in [5.41, 5.74) is 6.11. The fourth-order valence-electron chi connectivity index (χ4n) is 4.88. The molecule has 0 unspecified atom stereocenters. The lowest BCUT2D eigenvalue weighted by Crippen LogP contribution is -2.48. The summed E-state index contributed by atoms with van der Waals surface area (Å²) in [6, 6.07) is 9.94. The Balaban J connectivity index is 1.77. The van der Waals surface area contributed by atoms with Crippen LogP contribution in [0.15, 0.2) is 35.2 Å². The first-order valence-corrected chi connectivity index (χ1v) is 11.0. The molecule has 1 N–H and O–H groups in total. The second-order valence-electron chi connectivity index (χ2n) is 7.86. The maximum absolute atomic E-state index is 12.3. The van der Waals surface area contributed by atoms with Crippen molar-refractivity contribution in [3.8, 4) is 0 Å². The largest absolute Gasteiger partial charge is 0.358 e. The van der Waals surface area contributed by atoms with Crippen molar-refractivity contribution in [2.75, 3.05) is 41.6 Å². The predicted molar refractivity (Wildman–Crippen MR) is 109 cm³/mol. The number of fused-ring (bicyclic) bond motifs is 8. The molecule has 148 valence electrons. The molecule has 2 aromatic carbocycles. The standard InChI is InChI=1S/C20H24N4O3S/c1-3-22-12-21(2)9-15-8-18(28(25,26)27)20-16(19(15)22)11-23-13-24(20)10-14-6-4-5-7-17(14)23/h4-8H,3,9-13H2,1-2H3,(H,25,26,27). The minimum Gasteiger partial charge on any atom is -0.358 e. The molecule has 3 aliphatic rings. The average Bonchev–Trinajstić information content (AvgIpc) is 2.65. The minimum atomic E-state index is -4.33. The molecule has 0 amide bonds. The molecule has 0 saturated heterocycles. The first-order valence-electron chi connectivity index (χ1n) is 9.54. The van der Waals surface area contributed by atoms with Crippen LogP contribution in [-0.4, -0.2) is 44.8 Å². The average molecular weight is 401 g/mol. The lowest BCUT2D eigenvalue weighted by atomic mass is 9.96. The quantitative estimate of drug-likeness (QED) is 0.777. The maximum atomic E-state index is 12.3. The van der Waals surface area contributed by atoms with Gasteiger partial charge in [-0.1, -0.05) is 18.2 Å². The summed E-state index contributed by atoms with van der Waals surface area (Å²) < 4.78 is 34.7. The molecule has 0 saturated carbocycles. The predicted octanol–water partition coefficient (Wildman–Crippen LogP) is 2.46. The van der Waals surface area contributed by atoms with E-state index in [9.17, 15) is 13.0 Å². The van der Waals surface area contributed by atoms with Crippen molar-refractivity contribution in [3.63, 3.8) is 0 Å². The van der Waals surface area contributed by atoms with Crippen LogP contribution in [-0.2, 0) is 29.8 Å². The number of anilines is 3. The Bertz CT molecular complexity index is 1070. The molecule has 7 nitrogen and oxygen atoms in total. The molecule has 0 atom stereocenters. The van der Waals surface area contributed by atoms with Gasteiger partial charge in [0.15, 0.2) is 0 Å². The minimum absolute atomic E-state index is 0.0339. The topological polar surface area (TPSA) is 67.3 Å². The van der Waals surface area contributed by atoms with Crippen molar-refractivity contribution in [1.82, 2.24) is 4.90 Å². The molecule has 2 bridgehead atoms. The van der Waals surface area contributed by atoms with Crippen LogP contribution in [0.1, 0.15) is 23.6 Å². The SMILES string of the molecule is CCN1CN(C)Cc2cc(S(=O)(=O)O)c3c(c21)CN1CN3Cc2ccccc21. The van der Waals surface area contributed by atoms with E-state index < -0.39 is 10.1 Å². The van der Waals surface area contributed by atoms with E-state index in [1.807, 2.05) is 19.2 Å². The molecule has 2 aromatic rings. The molecule has 3 aliphatic heterocycles. The fraction of sp³-hybridized carbons (Fsp3) is 0.400. The van der Waals surface area contributed by atoms with Gasteiger partial charge in [-0.05, 0) is 37.2 Å². The third-order valence-corrected chi connectivity index (χ3v) is 6.81. The van der Waals surface area contributed by atoms with Crippen LogP contribution in [0.2, 0.25) is 0 Å². The lowest BCUT2D eigenvalue weighted by Gasteiger charge is -2.48. The second kappa shape index (κ2) is 6.10. The molecular weight excluding hydrogens is 376 g/mol. The summed E-state index contributed by atoms with van der Waals surface area (Å²) in [5, 5.41) is 0. The summed E-state index contributed by atoms with van der Waals surface area (Å²) in [6.07, 6.45) is 0. The molecule has 0 aromatic heterocycles. The zero-order valence-electron chi connectivity index (χ0n) is 16.1. The van der Waals surface area contributed by atoms with Crippen molar-refractivity contribution >= 4 is 27.2 Å². The van der Waals surface area contributed by atoms with E-state index in [2.05, 4.69) is 38.7 Å². The monoisotopic (exact) mass is 400 g/mol. The molecule has 0 radical (unpaired) electrons. The number of hydrogen-bond donors (Lipinski definition) is 1. The van der Waals surface area contributed by atoms with Crippen molar-refractivity contribution in [1.29, 1.82) is 0 Å². The van der Waals surface area contributed by atoms with E-state index in [1.54, 1.807) is 6.07 Å². The molecule has 0 fully saturated rings. The van der Waals surface area contributed by atoms with Crippen LogP contribution < -0.4 is 14.7 Å². The van der Waals surface area contributed by atoms with Gasteiger partial charge in [-0.25, -0.2) is 0 Å². The summed E-state index contributed by atoms with van der Waals surface area (Å²) in [5.74, 6) is 0. The number of nitrogens with zero attached hydrogens (tertiary/aromatic N) is 4. The number of hydrogen-bond acceptors (Lipinski definition) is 6. The summed E-state index contributed by atoms with van der Waals surface area (Å²) >= 11 is 0. The number of rotatable bonds is 2. The van der Waals surface area contributed by atoms with Crippen LogP contribution in [0.3, 0.4) is 0 Å². The first kappa shape index (κ1) is 17.8. The Hall–Kier alpha value is -2.29. The smallest absolute Gasteiger partial charge is 0.296 e. The Morgan fingerprint density at radius 2 is 1.79 bits per heavy atom. The highest BCUT2D eigenvalue weighted by molar-refractivity contribution is 7.86. The van der Waals surface area contributed by atoms with Crippen molar-refractivity contribution in [2.24, 2.45) is 0 Å². The molecule has 0 spiro atoms. The van der Waals surface area contributed by atoms with Crippen molar-refractivity contribution in [2.45, 2.75) is 31.5 Å². The highest BCUT2D eigenvalue weighted by Crippen LogP contribution is 2.47. The second-order valence-corrected chi connectivity index (χ2v) is 9.25. The van der Waals surface area contributed by atoms with Crippen LogP contribution in [0.25, 0.3) is 0 Å². The highest BCUT2D eigenvalue weighted by atomic mass is 32.2. The molecule has 0 aliphatic carbocycles. The van der Waals surface area contributed by atoms with Gasteiger partial charge in [-0.15, -0.1) is 0 Å². The van der Waals surface area contributed by atoms with Gasteiger partial charge in [-0.3, -0.25) is 9.45 Å². The van der Waals surface area contributed by atoms with Gasteiger partial charge in [0, 0.05) is 43.1 Å². The Morgan fingerprint density at radius 3 is 2.54 bits per heavy atom. The Kier molecular flexibility index (Phi) is 3.88. The van der Waals surface area contributed by atoms with E-state index in [0.717, 1.165) is 30.0 Å². The first-order chi connectivity index (χ1) is 13.4. The van der Waals surface area contributed by atoms with Gasteiger partial charge in [-0.2, -0.15) is 8.42 Å². The van der Waals surface area contributed by atoms with Crippen LogP contribution in [0.5, 0.6) is 0 Å². The van der Waals surface area contributed by atoms with Gasteiger partial charge in [0.05, 0.1) is 19.0 Å². The number of para-hydroxylation sites is 1. The molecule has 3 heterocycles. The van der Waals surface area contributed by atoms with Crippen LogP contribution in [0, 0.1) is 0 Å². The molecule has 8 heteroatoms. The van der Waals surface area contributed by atoms with Gasteiger partial charge < -0.3 is 14.7 Å². The van der Waals surface area contributed by atoms with E-state index in [-0.39, 0.29) is 4.90 Å². The highest BCUT2D eigenvalue weighted by Gasteiger charge is 2.38. The Labute approximate surface area is 165 Å². The van der Waals surface area contributed by atoms with Crippen molar-refractivity contribution in [3.05, 3.63) is 47.0 Å². The Morgan fingerprint density at radius 1 is 1.00 bits per heavy atom. The maximum Gasteiger partial charge on any atom is 0.296 e. The van der Waals surface area contributed by atoms with E-state index in [1.165, 1.54) is 11.3 Å². The van der Waals surface area contributed by atoms with Crippen LogP contribution in [0.4, 0.5) is 17.1 Å². The van der Waals surface area contributed by atoms with Crippen molar-refractivity contribution < 1.29 is 13.0 Å². The lowest BCUT2D eigenvalue weighted by molar-refractivity contribution is 0.309. The summed E-state index contributed by atoms with van der Waals surface area (Å²) in [6.45, 7) is 6.31.